The lowest BCUT2D eigenvalue weighted by Gasteiger charge is -2.05. The van der Waals surface area contributed by atoms with Gasteiger partial charge in [0.15, 0.2) is 5.69 Å². The SMILES string of the molecule is Cc1c(C(=O)OCc2ccc(F)cc2)nnn1-c1cccc(F)c1. The summed E-state index contributed by atoms with van der Waals surface area (Å²) in [5.41, 5.74) is 1.59. The van der Waals surface area contributed by atoms with E-state index in [-0.39, 0.29) is 18.1 Å². The van der Waals surface area contributed by atoms with Crippen LogP contribution in [0.25, 0.3) is 5.69 Å². The molecule has 7 heteroatoms. The predicted octanol–water partition coefficient (Wildman–Crippen LogP) is 3.21. The fraction of sp³-hybridized carbons (Fsp3) is 0.118. The summed E-state index contributed by atoms with van der Waals surface area (Å²) in [7, 11) is 0. The molecular weight excluding hydrogens is 316 g/mol. The van der Waals surface area contributed by atoms with E-state index < -0.39 is 11.8 Å². The van der Waals surface area contributed by atoms with E-state index in [2.05, 4.69) is 10.3 Å². The first kappa shape index (κ1) is 15.8. The number of aromatic nitrogens is 3. The smallest absolute Gasteiger partial charge is 0.361 e. The molecule has 2 aromatic carbocycles. The molecule has 0 spiro atoms. The number of carbonyl (C=O) groups is 1. The standard InChI is InChI=1S/C17H13F2N3O2/c1-11-16(17(23)24-10-12-5-7-13(18)8-6-12)20-21-22(11)15-4-2-3-14(19)9-15/h2-9H,10H2,1H3. The number of esters is 1. The minimum absolute atomic E-state index is 0.00855. The first-order valence-electron chi connectivity index (χ1n) is 7.14. The van der Waals surface area contributed by atoms with Crippen molar-refractivity contribution in [3.8, 4) is 5.69 Å². The van der Waals surface area contributed by atoms with Gasteiger partial charge in [-0.2, -0.15) is 0 Å². The zero-order valence-corrected chi connectivity index (χ0v) is 12.7. The fourth-order valence-electron chi connectivity index (χ4n) is 2.17. The second kappa shape index (κ2) is 6.57. The van der Waals surface area contributed by atoms with Crippen molar-refractivity contribution in [2.24, 2.45) is 0 Å². The normalized spacial score (nSPS) is 10.6. The molecule has 0 saturated heterocycles. The van der Waals surface area contributed by atoms with Crippen molar-refractivity contribution in [2.75, 3.05) is 0 Å². The number of halogens is 2. The van der Waals surface area contributed by atoms with Crippen LogP contribution in [0.4, 0.5) is 8.78 Å². The number of hydrogen-bond donors (Lipinski definition) is 0. The Hall–Kier alpha value is -3.09. The summed E-state index contributed by atoms with van der Waals surface area (Å²) < 4.78 is 32.7. The summed E-state index contributed by atoms with van der Waals surface area (Å²) in [6.07, 6.45) is 0. The van der Waals surface area contributed by atoms with Crippen LogP contribution in [-0.2, 0) is 11.3 Å². The highest BCUT2D eigenvalue weighted by molar-refractivity contribution is 5.88. The van der Waals surface area contributed by atoms with Gasteiger partial charge in [0.1, 0.15) is 18.2 Å². The van der Waals surface area contributed by atoms with E-state index >= 15 is 0 Å². The lowest BCUT2D eigenvalue weighted by Crippen LogP contribution is -2.08. The molecule has 0 amide bonds. The van der Waals surface area contributed by atoms with E-state index in [0.717, 1.165) is 0 Å². The van der Waals surface area contributed by atoms with Gasteiger partial charge in [0.25, 0.3) is 0 Å². The van der Waals surface area contributed by atoms with Crippen molar-refractivity contribution in [3.05, 3.63) is 77.1 Å². The van der Waals surface area contributed by atoms with Crippen molar-refractivity contribution >= 4 is 5.97 Å². The third-order valence-electron chi connectivity index (χ3n) is 3.42. The second-order valence-electron chi connectivity index (χ2n) is 5.12. The Bertz CT molecular complexity index is 876. The van der Waals surface area contributed by atoms with Crippen molar-refractivity contribution in [2.45, 2.75) is 13.5 Å². The molecule has 1 heterocycles. The monoisotopic (exact) mass is 329 g/mol. The summed E-state index contributed by atoms with van der Waals surface area (Å²) in [4.78, 5) is 12.1. The quantitative estimate of drug-likeness (QED) is 0.690. The van der Waals surface area contributed by atoms with Crippen molar-refractivity contribution in [1.82, 2.24) is 15.0 Å². The molecule has 0 aliphatic carbocycles. The Balaban J connectivity index is 1.75. The van der Waals surface area contributed by atoms with E-state index in [1.165, 1.54) is 47.1 Å². The van der Waals surface area contributed by atoms with Gasteiger partial charge in [-0.15, -0.1) is 5.10 Å². The van der Waals surface area contributed by atoms with Crippen LogP contribution in [0.1, 0.15) is 21.7 Å². The largest absolute Gasteiger partial charge is 0.456 e. The van der Waals surface area contributed by atoms with Gasteiger partial charge >= 0.3 is 5.97 Å². The van der Waals surface area contributed by atoms with Crippen LogP contribution in [0.5, 0.6) is 0 Å². The average molecular weight is 329 g/mol. The van der Waals surface area contributed by atoms with Crippen LogP contribution in [0, 0.1) is 18.6 Å². The summed E-state index contributed by atoms with van der Waals surface area (Å²) in [5, 5.41) is 7.67. The number of carbonyl (C=O) groups excluding carboxylic acids is 1. The van der Waals surface area contributed by atoms with Crippen LogP contribution in [-0.4, -0.2) is 21.0 Å². The van der Waals surface area contributed by atoms with Crippen molar-refractivity contribution < 1.29 is 18.3 Å². The average Bonchev–Trinajstić information content (AvgIpc) is 2.96. The Kier molecular flexibility index (Phi) is 4.33. The molecule has 0 aliphatic rings. The lowest BCUT2D eigenvalue weighted by molar-refractivity contribution is 0.0464. The van der Waals surface area contributed by atoms with Gasteiger partial charge < -0.3 is 4.74 Å². The Morgan fingerprint density at radius 3 is 2.58 bits per heavy atom. The molecule has 0 atom stereocenters. The van der Waals surface area contributed by atoms with Crippen LogP contribution in [0.3, 0.4) is 0 Å². The van der Waals surface area contributed by atoms with Gasteiger partial charge in [-0.3, -0.25) is 0 Å². The Labute approximate surface area is 136 Å². The van der Waals surface area contributed by atoms with Gasteiger partial charge in [0.05, 0.1) is 11.4 Å². The summed E-state index contributed by atoms with van der Waals surface area (Å²) in [6.45, 7) is 1.63. The first-order chi connectivity index (χ1) is 11.5. The number of nitrogens with zero attached hydrogens (tertiary/aromatic N) is 3. The van der Waals surface area contributed by atoms with E-state index in [1.54, 1.807) is 13.0 Å². The third kappa shape index (κ3) is 3.29. The Morgan fingerprint density at radius 1 is 1.12 bits per heavy atom. The highest BCUT2D eigenvalue weighted by Gasteiger charge is 2.19. The molecule has 24 heavy (non-hydrogen) atoms. The van der Waals surface area contributed by atoms with E-state index in [0.29, 0.717) is 16.9 Å². The maximum absolute atomic E-state index is 13.3. The maximum atomic E-state index is 13.3. The number of ether oxygens (including phenoxy) is 1. The van der Waals surface area contributed by atoms with E-state index in [1.807, 2.05) is 0 Å². The first-order valence-corrected chi connectivity index (χ1v) is 7.14. The van der Waals surface area contributed by atoms with Gasteiger partial charge in [0.2, 0.25) is 0 Å². The van der Waals surface area contributed by atoms with Gasteiger partial charge in [0, 0.05) is 0 Å². The maximum Gasteiger partial charge on any atom is 0.361 e. The molecule has 5 nitrogen and oxygen atoms in total. The summed E-state index contributed by atoms with van der Waals surface area (Å²) in [5.74, 6) is -1.43. The van der Waals surface area contributed by atoms with Crippen LogP contribution in [0.15, 0.2) is 48.5 Å². The zero-order valence-electron chi connectivity index (χ0n) is 12.7. The minimum atomic E-state index is -0.653. The highest BCUT2D eigenvalue weighted by atomic mass is 19.1. The molecule has 0 aliphatic heterocycles. The molecule has 122 valence electrons. The van der Waals surface area contributed by atoms with Crippen LogP contribution >= 0.6 is 0 Å². The Morgan fingerprint density at radius 2 is 1.88 bits per heavy atom. The number of benzene rings is 2. The van der Waals surface area contributed by atoms with Crippen molar-refractivity contribution in [1.29, 1.82) is 0 Å². The zero-order chi connectivity index (χ0) is 17.1. The predicted molar refractivity (Wildman–Crippen MR) is 81.6 cm³/mol. The molecule has 1 aromatic heterocycles. The number of hydrogen-bond acceptors (Lipinski definition) is 4. The van der Waals surface area contributed by atoms with Crippen LogP contribution in [0.2, 0.25) is 0 Å². The lowest BCUT2D eigenvalue weighted by atomic mass is 10.2. The highest BCUT2D eigenvalue weighted by Crippen LogP contribution is 2.15. The van der Waals surface area contributed by atoms with E-state index in [9.17, 15) is 13.6 Å². The minimum Gasteiger partial charge on any atom is -0.456 e. The second-order valence-corrected chi connectivity index (χ2v) is 5.12. The third-order valence-corrected chi connectivity index (χ3v) is 3.42. The summed E-state index contributed by atoms with van der Waals surface area (Å²) in [6, 6.07) is 11.4. The molecule has 0 unspecified atom stereocenters. The van der Waals surface area contributed by atoms with Gasteiger partial charge in [-0.05, 0) is 42.8 Å². The molecule has 0 N–H and O–H groups in total. The van der Waals surface area contributed by atoms with Crippen molar-refractivity contribution in [3.63, 3.8) is 0 Å². The molecule has 3 aromatic rings. The molecule has 0 fully saturated rings. The molecular formula is C17H13F2N3O2. The van der Waals surface area contributed by atoms with Gasteiger partial charge in [-0.1, -0.05) is 23.4 Å². The summed E-state index contributed by atoms with van der Waals surface area (Å²) >= 11 is 0. The van der Waals surface area contributed by atoms with Gasteiger partial charge in [-0.25, -0.2) is 18.3 Å². The fourth-order valence-corrected chi connectivity index (χ4v) is 2.17. The molecule has 3 rings (SSSR count). The number of rotatable bonds is 4. The topological polar surface area (TPSA) is 57.0 Å². The van der Waals surface area contributed by atoms with Crippen LogP contribution < -0.4 is 0 Å². The van der Waals surface area contributed by atoms with E-state index in [4.69, 9.17) is 4.74 Å². The molecule has 0 saturated carbocycles. The molecule has 0 bridgehead atoms. The molecule has 0 radical (unpaired) electrons.